The average Bonchev–Trinajstić information content (AvgIpc) is 2.94. The van der Waals surface area contributed by atoms with Gasteiger partial charge in [0, 0.05) is 30.1 Å². The molecule has 0 aliphatic heterocycles. The highest BCUT2D eigenvalue weighted by Gasteiger charge is 2.07. The molecule has 2 N–H and O–H groups in total. The van der Waals surface area contributed by atoms with E-state index in [0.29, 0.717) is 6.61 Å². The van der Waals surface area contributed by atoms with Crippen LogP contribution < -0.4 is 10.5 Å². The van der Waals surface area contributed by atoms with Crippen LogP contribution in [-0.2, 0) is 13.7 Å². The van der Waals surface area contributed by atoms with Crippen molar-refractivity contribution in [1.29, 1.82) is 0 Å². The van der Waals surface area contributed by atoms with Crippen LogP contribution in [-0.4, -0.2) is 9.78 Å². The molecule has 4 heteroatoms. The Kier molecular flexibility index (Phi) is 3.60. The van der Waals surface area contributed by atoms with Crippen molar-refractivity contribution in [1.82, 2.24) is 9.78 Å². The van der Waals surface area contributed by atoms with E-state index in [2.05, 4.69) is 5.10 Å². The smallest absolute Gasteiger partial charge is 0.120 e. The van der Waals surface area contributed by atoms with Gasteiger partial charge in [-0.15, -0.1) is 0 Å². The van der Waals surface area contributed by atoms with Crippen LogP contribution in [0.5, 0.6) is 5.75 Å². The number of benzene rings is 2. The minimum Gasteiger partial charge on any atom is -0.489 e. The lowest BCUT2D eigenvalue weighted by molar-refractivity contribution is 0.306. The van der Waals surface area contributed by atoms with Gasteiger partial charge in [0.15, 0.2) is 0 Å². The Balaban J connectivity index is 1.81. The van der Waals surface area contributed by atoms with Gasteiger partial charge >= 0.3 is 0 Å². The maximum absolute atomic E-state index is 6.05. The average molecular weight is 279 g/mol. The second-order valence-electron chi connectivity index (χ2n) is 4.93. The van der Waals surface area contributed by atoms with Gasteiger partial charge in [-0.3, -0.25) is 4.68 Å². The van der Waals surface area contributed by atoms with Crippen LogP contribution in [0.3, 0.4) is 0 Å². The molecule has 0 atom stereocenters. The third-order valence-corrected chi connectivity index (χ3v) is 3.29. The van der Waals surface area contributed by atoms with Crippen molar-refractivity contribution in [3.8, 4) is 16.9 Å². The summed E-state index contributed by atoms with van der Waals surface area (Å²) in [5.41, 5.74) is 9.82. The lowest BCUT2D eigenvalue weighted by Crippen LogP contribution is -1.96. The van der Waals surface area contributed by atoms with E-state index in [9.17, 15) is 0 Å². The van der Waals surface area contributed by atoms with Gasteiger partial charge in [-0.1, -0.05) is 30.3 Å². The molecule has 4 nitrogen and oxygen atoms in total. The predicted molar refractivity (Wildman–Crippen MR) is 83.8 cm³/mol. The first-order valence-electron chi connectivity index (χ1n) is 6.77. The summed E-state index contributed by atoms with van der Waals surface area (Å²) in [6, 6.07) is 15.8. The van der Waals surface area contributed by atoms with Crippen molar-refractivity contribution in [3.63, 3.8) is 0 Å². The number of hydrogen-bond donors (Lipinski definition) is 1. The summed E-state index contributed by atoms with van der Waals surface area (Å²) in [6.07, 6.45) is 3.74. The SMILES string of the molecule is Cn1cc(-c2cc(OCc3ccccc3)ccc2N)cn1. The van der Waals surface area contributed by atoms with E-state index in [4.69, 9.17) is 10.5 Å². The molecule has 0 fully saturated rings. The van der Waals surface area contributed by atoms with Gasteiger partial charge in [-0.2, -0.15) is 5.10 Å². The summed E-state index contributed by atoms with van der Waals surface area (Å²) in [6.45, 7) is 0.539. The maximum atomic E-state index is 6.05. The fourth-order valence-corrected chi connectivity index (χ4v) is 2.18. The van der Waals surface area contributed by atoms with E-state index < -0.39 is 0 Å². The number of ether oxygens (including phenoxy) is 1. The summed E-state index contributed by atoms with van der Waals surface area (Å²) in [5, 5.41) is 4.18. The fraction of sp³-hybridized carbons (Fsp3) is 0.118. The van der Waals surface area contributed by atoms with Crippen LogP contribution in [0.2, 0.25) is 0 Å². The molecule has 0 saturated heterocycles. The molecular weight excluding hydrogens is 262 g/mol. The molecule has 0 spiro atoms. The van der Waals surface area contributed by atoms with Crippen molar-refractivity contribution < 1.29 is 4.74 Å². The molecule has 3 aromatic rings. The number of nitrogens with two attached hydrogens (primary N) is 1. The number of hydrogen-bond acceptors (Lipinski definition) is 3. The van der Waals surface area contributed by atoms with Crippen LogP contribution in [0.4, 0.5) is 5.69 Å². The van der Waals surface area contributed by atoms with Gasteiger partial charge < -0.3 is 10.5 Å². The highest BCUT2D eigenvalue weighted by atomic mass is 16.5. The normalized spacial score (nSPS) is 10.5. The zero-order valence-electron chi connectivity index (χ0n) is 11.9. The second-order valence-corrected chi connectivity index (χ2v) is 4.93. The fourth-order valence-electron chi connectivity index (χ4n) is 2.18. The van der Waals surface area contributed by atoms with E-state index in [-0.39, 0.29) is 0 Å². The Morgan fingerprint density at radius 2 is 1.95 bits per heavy atom. The van der Waals surface area contributed by atoms with Crippen LogP contribution in [0.1, 0.15) is 5.56 Å². The summed E-state index contributed by atoms with van der Waals surface area (Å²) < 4.78 is 7.59. The Bertz CT molecular complexity index is 735. The van der Waals surface area contributed by atoms with Crippen LogP contribution >= 0.6 is 0 Å². The van der Waals surface area contributed by atoms with Crippen molar-refractivity contribution in [2.45, 2.75) is 6.61 Å². The van der Waals surface area contributed by atoms with Gasteiger partial charge in [0.1, 0.15) is 12.4 Å². The van der Waals surface area contributed by atoms with Crippen molar-refractivity contribution in [2.24, 2.45) is 7.05 Å². The first-order chi connectivity index (χ1) is 10.2. The number of nitrogens with zero attached hydrogens (tertiary/aromatic N) is 2. The number of anilines is 1. The van der Waals surface area contributed by atoms with Crippen molar-refractivity contribution >= 4 is 5.69 Å². The molecule has 0 unspecified atom stereocenters. The van der Waals surface area contributed by atoms with Gasteiger partial charge in [0.2, 0.25) is 0 Å². The molecule has 0 bridgehead atoms. The van der Waals surface area contributed by atoms with Crippen LogP contribution in [0, 0.1) is 0 Å². The molecule has 2 aromatic carbocycles. The summed E-state index contributed by atoms with van der Waals surface area (Å²) in [4.78, 5) is 0. The second kappa shape index (κ2) is 5.71. The van der Waals surface area contributed by atoms with Gasteiger partial charge in [-0.05, 0) is 23.8 Å². The Morgan fingerprint density at radius 1 is 1.14 bits per heavy atom. The predicted octanol–water partition coefficient (Wildman–Crippen LogP) is 3.25. The molecule has 0 saturated carbocycles. The molecular formula is C17H17N3O. The minimum atomic E-state index is 0.539. The number of rotatable bonds is 4. The summed E-state index contributed by atoms with van der Waals surface area (Å²) >= 11 is 0. The molecule has 1 heterocycles. The number of aromatic nitrogens is 2. The first-order valence-corrected chi connectivity index (χ1v) is 6.77. The van der Waals surface area contributed by atoms with E-state index in [1.165, 1.54) is 0 Å². The maximum Gasteiger partial charge on any atom is 0.120 e. The highest BCUT2D eigenvalue weighted by molar-refractivity contribution is 5.76. The summed E-state index contributed by atoms with van der Waals surface area (Å²) in [7, 11) is 1.88. The van der Waals surface area contributed by atoms with E-state index in [1.807, 2.05) is 61.8 Å². The van der Waals surface area contributed by atoms with Gasteiger partial charge in [-0.25, -0.2) is 0 Å². The quantitative estimate of drug-likeness (QED) is 0.746. The van der Waals surface area contributed by atoms with Crippen LogP contribution in [0.15, 0.2) is 60.9 Å². The van der Waals surface area contributed by atoms with E-state index in [1.54, 1.807) is 10.9 Å². The van der Waals surface area contributed by atoms with E-state index in [0.717, 1.165) is 28.1 Å². The van der Waals surface area contributed by atoms with Crippen molar-refractivity contribution in [2.75, 3.05) is 5.73 Å². The Hall–Kier alpha value is -2.75. The first kappa shape index (κ1) is 13.2. The summed E-state index contributed by atoms with van der Waals surface area (Å²) in [5.74, 6) is 0.798. The molecule has 1 aromatic heterocycles. The lowest BCUT2D eigenvalue weighted by atomic mass is 10.1. The zero-order chi connectivity index (χ0) is 14.7. The molecule has 3 rings (SSSR count). The van der Waals surface area contributed by atoms with Gasteiger partial charge in [0.25, 0.3) is 0 Å². The molecule has 0 radical (unpaired) electrons. The van der Waals surface area contributed by atoms with Crippen LogP contribution in [0.25, 0.3) is 11.1 Å². The third-order valence-electron chi connectivity index (χ3n) is 3.29. The number of nitrogen functional groups attached to an aromatic ring is 1. The molecule has 0 amide bonds. The Labute approximate surface area is 123 Å². The molecule has 106 valence electrons. The van der Waals surface area contributed by atoms with E-state index >= 15 is 0 Å². The minimum absolute atomic E-state index is 0.539. The molecule has 21 heavy (non-hydrogen) atoms. The van der Waals surface area contributed by atoms with Gasteiger partial charge in [0.05, 0.1) is 6.20 Å². The lowest BCUT2D eigenvalue weighted by Gasteiger charge is -2.09. The monoisotopic (exact) mass is 279 g/mol. The Morgan fingerprint density at radius 3 is 2.67 bits per heavy atom. The largest absolute Gasteiger partial charge is 0.489 e. The zero-order valence-corrected chi connectivity index (χ0v) is 11.9. The molecule has 0 aliphatic carbocycles. The number of aryl methyl sites for hydroxylation is 1. The standard InChI is InChI=1S/C17H17N3O/c1-20-11-14(10-19-20)16-9-15(7-8-17(16)18)21-12-13-5-3-2-4-6-13/h2-11H,12,18H2,1H3. The topological polar surface area (TPSA) is 53.1 Å². The third kappa shape index (κ3) is 3.05. The van der Waals surface area contributed by atoms with Crippen molar-refractivity contribution in [3.05, 3.63) is 66.5 Å². The highest BCUT2D eigenvalue weighted by Crippen LogP contribution is 2.29. The molecule has 0 aliphatic rings.